The number of benzene rings is 1. The Labute approximate surface area is 174 Å². The summed E-state index contributed by atoms with van der Waals surface area (Å²) in [5.74, 6) is -0.727. The summed E-state index contributed by atoms with van der Waals surface area (Å²) in [5, 5.41) is 5.47. The van der Waals surface area contributed by atoms with Gasteiger partial charge in [0.15, 0.2) is 5.13 Å². The second kappa shape index (κ2) is 8.39. The average Bonchev–Trinajstić information content (AvgIpc) is 3.26. The topological polar surface area (TPSA) is 101 Å². The number of amides is 1. The normalized spacial score (nSPS) is 17.6. The van der Waals surface area contributed by atoms with Gasteiger partial charge in [0.2, 0.25) is 0 Å². The van der Waals surface area contributed by atoms with Gasteiger partial charge in [-0.3, -0.25) is 4.79 Å². The van der Waals surface area contributed by atoms with E-state index in [-0.39, 0.29) is 12.2 Å². The molecule has 8 nitrogen and oxygen atoms in total. The number of thiazole rings is 1. The second-order valence-corrected chi connectivity index (χ2v) is 9.74. The van der Waals surface area contributed by atoms with Crippen LogP contribution >= 0.6 is 11.3 Å². The SMILES string of the molecule is Cc1ccc2c(c1Nc1nc(C(=O)NS(=O)(=O)N3CCCOCC3)cs1)CCC2. The van der Waals surface area contributed by atoms with Gasteiger partial charge in [0.05, 0.1) is 6.61 Å². The lowest BCUT2D eigenvalue weighted by Crippen LogP contribution is -2.44. The molecule has 0 bridgehead atoms. The van der Waals surface area contributed by atoms with Crippen molar-refractivity contribution < 1.29 is 17.9 Å². The van der Waals surface area contributed by atoms with Crippen LogP contribution in [0.1, 0.15) is 40.0 Å². The van der Waals surface area contributed by atoms with E-state index in [1.165, 1.54) is 26.8 Å². The molecule has 0 saturated carbocycles. The Hall–Kier alpha value is -2.01. The molecule has 29 heavy (non-hydrogen) atoms. The predicted octanol–water partition coefficient (Wildman–Crippen LogP) is 2.38. The first-order valence-electron chi connectivity index (χ1n) is 9.68. The monoisotopic (exact) mass is 436 g/mol. The molecule has 156 valence electrons. The van der Waals surface area contributed by atoms with Crippen molar-refractivity contribution in [2.45, 2.75) is 32.6 Å². The van der Waals surface area contributed by atoms with Crippen LogP contribution in [0, 0.1) is 6.92 Å². The van der Waals surface area contributed by atoms with E-state index in [4.69, 9.17) is 4.74 Å². The zero-order valence-corrected chi connectivity index (χ0v) is 17.9. The summed E-state index contributed by atoms with van der Waals surface area (Å²) in [6, 6.07) is 4.26. The molecule has 1 aliphatic heterocycles. The minimum absolute atomic E-state index is 0.0809. The van der Waals surface area contributed by atoms with Gasteiger partial charge in [-0.25, -0.2) is 9.71 Å². The smallest absolute Gasteiger partial charge is 0.304 e. The Kier molecular flexibility index (Phi) is 5.86. The molecule has 0 radical (unpaired) electrons. The molecule has 10 heteroatoms. The molecule has 2 N–H and O–H groups in total. The highest BCUT2D eigenvalue weighted by molar-refractivity contribution is 7.87. The van der Waals surface area contributed by atoms with Crippen molar-refractivity contribution >= 4 is 38.3 Å². The van der Waals surface area contributed by atoms with Crippen LogP contribution in [0.15, 0.2) is 17.5 Å². The van der Waals surface area contributed by atoms with Gasteiger partial charge in [0.25, 0.3) is 5.91 Å². The number of carbonyl (C=O) groups excluding carboxylic acids is 1. The number of fused-ring (bicyclic) bond motifs is 1. The van der Waals surface area contributed by atoms with Crippen LogP contribution in [0.4, 0.5) is 10.8 Å². The number of carbonyl (C=O) groups is 1. The van der Waals surface area contributed by atoms with Crippen molar-refractivity contribution in [3.8, 4) is 0 Å². The van der Waals surface area contributed by atoms with Crippen molar-refractivity contribution in [2.75, 3.05) is 31.6 Å². The Morgan fingerprint density at radius 3 is 2.93 bits per heavy atom. The molecule has 1 aliphatic carbocycles. The minimum atomic E-state index is -3.92. The Bertz CT molecular complexity index is 1010. The molecule has 0 spiro atoms. The third-order valence-electron chi connectivity index (χ3n) is 5.20. The molecular formula is C19H24N4O4S2. The summed E-state index contributed by atoms with van der Waals surface area (Å²) in [5.41, 5.74) is 4.89. The van der Waals surface area contributed by atoms with Crippen molar-refractivity contribution in [3.05, 3.63) is 39.9 Å². The fraction of sp³-hybridized carbons (Fsp3) is 0.474. The lowest BCUT2D eigenvalue weighted by Gasteiger charge is -2.18. The lowest BCUT2D eigenvalue weighted by molar-refractivity contribution is 0.0974. The van der Waals surface area contributed by atoms with Crippen molar-refractivity contribution in [2.24, 2.45) is 0 Å². The van der Waals surface area contributed by atoms with E-state index in [1.54, 1.807) is 5.38 Å². The number of ether oxygens (including phenoxy) is 1. The number of anilines is 2. The van der Waals surface area contributed by atoms with Gasteiger partial charge in [0.1, 0.15) is 5.69 Å². The zero-order valence-electron chi connectivity index (χ0n) is 16.2. The molecule has 1 amide bonds. The molecule has 2 aliphatic rings. The van der Waals surface area contributed by atoms with Crippen LogP contribution < -0.4 is 10.0 Å². The summed E-state index contributed by atoms with van der Waals surface area (Å²) in [4.78, 5) is 16.8. The van der Waals surface area contributed by atoms with Crippen LogP contribution in [0.25, 0.3) is 0 Å². The number of nitrogens with one attached hydrogen (secondary N) is 2. The van der Waals surface area contributed by atoms with E-state index < -0.39 is 16.1 Å². The second-order valence-electron chi connectivity index (χ2n) is 7.21. The van der Waals surface area contributed by atoms with Crippen LogP contribution in [0.5, 0.6) is 0 Å². The first kappa shape index (κ1) is 20.3. The summed E-state index contributed by atoms with van der Waals surface area (Å²) in [6.07, 6.45) is 3.84. The maximum atomic E-state index is 12.5. The van der Waals surface area contributed by atoms with E-state index in [0.29, 0.717) is 31.3 Å². The molecule has 2 heterocycles. The molecule has 1 aromatic carbocycles. The van der Waals surface area contributed by atoms with Gasteiger partial charge in [-0.05, 0) is 49.3 Å². The number of nitrogens with zero attached hydrogens (tertiary/aromatic N) is 2. The lowest BCUT2D eigenvalue weighted by atomic mass is 10.0. The van der Waals surface area contributed by atoms with Crippen LogP contribution in [0.3, 0.4) is 0 Å². The third-order valence-corrected chi connectivity index (χ3v) is 7.45. The number of rotatable bonds is 5. The van der Waals surface area contributed by atoms with Gasteiger partial charge in [-0.1, -0.05) is 12.1 Å². The zero-order chi connectivity index (χ0) is 20.4. The first-order valence-corrected chi connectivity index (χ1v) is 12.0. The minimum Gasteiger partial charge on any atom is -0.380 e. The Morgan fingerprint density at radius 2 is 2.07 bits per heavy atom. The molecule has 1 fully saturated rings. The van der Waals surface area contributed by atoms with Gasteiger partial charge in [-0.15, -0.1) is 11.3 Å². The van der Waals surface area contributed by atoms with E-state index in [0.717, 1.165) is 30.5 Å². The molecule has 0 atom stereocenters. The number of hydrogen-bond acceptors (Lipinski definition) is 7. The number of aryl methyl sites for hydroxylation is 2. The third kappa shape index (κ3) is 4.45. The van der Waals surface area contributed by atoms with Gasteiger partial charge in [0, 0.05) is 30.8 Å². The highest BCUT2D eigenvalue weighted by Crippen LogP contribution is 2.34. The molecule has 4 rings (SSSR count). The van der Waals surface area contributed by atoms with E-state index in [9.17, 15) is 13.2 Å². The first-order chi connectivity index (χ1) is 13.9. The standard InChI is InChI=1S/C19H24N4O4S2/c1-13-6-7-14-4-2-5-15(14)17(13)21-19-20-16(12-28-19)18(24)22-29(25,26)23-8-3-10-27-11-9-23/h6-7,12H,2-5,8-11H2,1H3,(H,20,21)(H,22,24). The molecule has 1 aromatic heterocycles. The van der Waals surface area contributed by atoms with Crippen LogP contribution in [-0.4, -0.2) is 49.9 Å². The number of hydrogen-bond donors (Lipinski definition) is 2. The van der Waals surface area contributed by atoms with Crippen LogP contribution in [-0.2, 0) is 27.8 Å². The van der Waals surface area contributed by atoms with Gasteiger partial charge in [-0.2, -0.15) is 12.7 Å². The van der Waals surface area contributed by atoms with Crippen LogP contribution in [0.2, 0.25) is 0 Å². The molecule has 2 aromatic rings. The average molecular weight is 437 g/mol. The van der Waals surface area contributed by atoms with Gasteiger partial charge >= 0.3 is 10.2 Å². The molecule has 0 unspecified atom stereocenters. The fourth-order valence-corrected chi connectivity index (χ4v) is 5.54. The number of aromatic nitrogens is 1. The van der Waals surface area contributed by atoms with E-state index >= 15 is 0 Å². The summed E-state index contributed by atoms with van der Waals surface area (Å²) >= 11 is 1.28. The molecular weight excluding hydrogens is 412 g/mol. The summed E-state index contributed by atoms with van der Waals surface area (Å²) in [7, 11) is -3.92. The highest BCUT2D eigenvalue weighted by Gasteiger charge is 2.27. The van der Waals surface area contributed by atoms with Crippen molar-refractivity contribution in [1.29, 1.82) is 0 Å². The van der Waals surface area contributed by atoms with Gasteiger partial charge < -0.3 is 10.1 Å². The fourth-order valence-electron chi connectivity index (χ4n) is 3.70. The Morgan fingerprint density at radius 1 is 1.21 bits per heavy atom. The summed E-state index contributed by atoms with van der Waals surface area (Å²) in [6.45, 7) is 3.43. The van der Waals surface area contributed by atoms with Crippen molar-refractivity contribution in [1.82, 2.24) is 14.0 Å². The Balaban J connectivity index is 1.47. The largest absolute Gasteiger partial charge is 0.380 e. The van der Waals surface area contributed by atoms with E-state index in [1.807, 2.05) is 6.92 Å². The predicted molar refractivity (Wildman–Crippen MR) is 112 cm³/mol. The quantitative estimate of drug-likeness (QED) is 0.746. The van der Waals surface area contributed by atoms with E-state index in [2.05, 4.69) is 27.2 Å². The van der Waals surface area contributed by atoms with Crippen molar-refractivity contribution in [3.63, 3.8) is 0 Å². The maximum Gasteiger partial charge on any atom is 0.304 e. The molecule has 1 saturated heterocycles. The summed E-state index contributed by atoms with van der Waals surface area (Å²) < 4.78 is 33.6. The maximum absolute atomic E-state index is 12.5. The highest BCUT2D eigenvalue weighted by atomic mass is 32.2.